The molecule has 0 aliphatic carbocycles. The molecule has 26 heavy (non-hydrogen) atoms. The summed E-state index contributed by atoms with van der Waals surface area (Å²) in [5, 5.41) is 6.95. The first-order valence-electron chi connectivity index (χ1n) is 9.66. The van der Waals surface area contributed by atoms with Crippen LogP contribution < -0.4 is 11.1 Å². The van der Waals surface area contributed by atoms with E-state index in [1.54, 1.807) is 12.1 Å². The summed E-state index contributed by atoms with van der Waals surface area (Å²) >= 11 is 0. The Balaban J connectivity index is 1.77. The van der Waals surface area contributed by atoms with E-state index in [4.69, 9.17) is 10.3 Å². The van der Waals surface area contributed by atoms with Crippen molar-refractivity contribution in [3.05, 3.63) is 35.7 Å². The van der Waals surface area contributed by atoms with Crippen LogP contribution in [0, 0.1) is 0 Å². The summed E-state index contributed by atoms with van der Waals surface area (Å²) in [6.07, 6.45) is 8.79. The highest BCUT2D eigenvalue weighted by atomic mass is 16.5. The minimum absolute atomic E-state index is 0.0399. The molecule has 0 radical (unpaired) electrons. The van der Waals surface area contributed by atoms with Gasteiger partial charge in [0.25, 0.3) is 5.91 Å². The zero-order valence-corrected chi connectivity index (χ0v) is 15.7. The lowest BCUT2D eigenvalue weighted by atomic mass is 10.1. The van der Waals surface area contributed by atoms with E-state index in [2.05, 4.69) is 22.4 Å². The second-order valence-corrected chi connectivity index (χ2v) is 6.50. The van der Waals surface area contributed by atoms with Crippen molar-refractivity contribution in [2.24, 2.45) is 5.73 Å². The fraction of sp³-hybridized carbons (Fsp3) is 0.550. The molecule has 1 aromatic heterocycles. The van der Waals surface area contributed by atoms with Gasteiger partial charge >= 0.3 is 0 Å². The monoisotopic (exact) mass is 358 g/mol. The first kappa shape index (κ1) is 20.1. The van der Waals surface area contributed by atoms with Crippen LogP contribution in [0.5, 0.6) is 0 Å². The van der Waals surface area contributed by atoms with Crippen LogP contribution in [-0.2, 0) is 6.42 Å². The van der Waals surface area contributed by atoms with Crippen molar-refractivity contribution in [1.82, 2.24) is 15.5 Å². The van der Waals surface area contributed by atoms with Gasteiger partial charge in [-0.2, -0.15) is 4.98 Å². The Hall–Kier alpha value is -2.21. The Morgan fingerprint density at radius 3 is 2.54 bits per heavy atom. The Morgan fingerprint density at radius 1 is 1.08 bits per heavy atom. The Morgan fingerprint density at radius 2 is 1.81 bits per heavy atom. The van der Waals surface area contributed by atoms with E-state index in [9.17, 15) is 4.79 Å². The van der Waals surface area contributed by atoms with Crippen molar-refractivity contribution in [2.75, 3.05) is 13.1 Å². The molecule has 0 spiro atoms. The molecule has 1 amide bonds. The van der Waals surface area contributed by atoms with Gasteiger partial charge in [-0.05, 0) is 31.5 Å². The molecule has 1 aromatic carbocycles. The highest BCUT2D eigenvalue weighted by Gasteiger charge is 2.10. The van der Waals surface area contributed by atoms with Gasteiger partial charge in [0.05, 0.1) is 0 Å². The predicted octanol–water partition coefficient (Wildman–Crippen LogP) is 3.72. The van der Waals surface area contributed by atoms with Crippen LogP contribution in [0.3, 0.4) is 0 Å². The maximum Gasteiger partial charge on any atom is 0.251 e. The zero-order valence-electron chi connectivity index (χ0n) is 15.7. The summed E-state index contributed by atoms with van der Waals surface area (Å²) in [4.78, 5) is 16.5. The second-order valence-electron chi connectivity index (χ2n) is 6.50. The number of amides is 1. The number of carbonyl (C=O) groups excluding carboxylic acids is 1. The van der Waals surface area contributed by atoms with E-state index in [1.165, 1.54) is 32.1 Å². The quantitative estimate of drug-likeness (QED) is 0.564. The van der Waals surface area contributed by atoms with Gasteiger partial charge in [0.1, 0.15) is 0 Å². The first-order chi connectivity index (χ1) is 12.7. The van der Waals surface area contributed by atoms with E-state index < -0.39 is 0 Å². The van der Waals surface area contributed by atoms with Gasteiger partial charge in [0, 0.05) is 24.1 Å². The maximum absolute atomic E-state index is 12.2. The molecule has 6 nitrogen and oxygen atoms in total. The molecule has 6 heteroatoms. The molecular weight excluding hydrogens is 328 g/mol. The van der Waals surface area contributed by atoms with Crippen molar-refractivity contribution >= 4 is 5.91 Å². The van der Waals surface area contributed by atoms with Crippen LogP contribution >= 0.6 is 0 Å². The average Bonchev–Trinajstić information content (AvgIpc) is 3.14. The number of benzene rings is 1. The van der Waals surface area contributed by atoms with Crippen LogP contribution in [0.2, 0.25) is 0 Å². The summed E-state index contributed by atoms with van der Waals surface area (Å²) in [7, 11) is 0. The van der Waals surface area contributed by atoms with Crippen LogP contribution in [0.1, 0.15) is 68.1 Å². The molecule has 0 bridgehead atoms. The van der Waals surface area contributed by atoms with E-state index in [0.717, 1.165) is 24.9 Å². The SMILES string of the molecule is CCCCCCCCNC(=O)c1ccc(-c2noc(CCCN)n2)cc1. The van der Waals surface area contributed by atoms with E-state index in [0.29, 0.717) is 30.2 Å². The Labute approximate surface area is 155 Å². The fourth-order valence-electron chi connectivity index (χ4n) is 2.71. The van der Waals surface area contributed by atoms with E-state index in [1.807, 2.05) is 12.1 Å². The molecule has 3 N–H and O–H groups in total. The number of hydrogen-bond acceptors (Lipinski definition) is 5. The summed E-state index contributed by atoms with van der Waals surface area (Å²) < 4.78 is 5.20. The topological polar surface area (TPSA) is 94.0 Å². The number of aryl methyl sites for hydroxylation is 1. The molecule has 142 valence electrons. The maximum atomic E-state index is 12.2. The van der Waals surface area contributed by atoms with Crippen molar-refractivity contribution < 1.29 is 9.32 Å². The molecule has 2 rings (SSSR count). The lowest BCUT2D eigenvalue weighted by Crippen LogP contribution is -2.24. The molecule has 0 atom stereocenters. The Bertz CT molecular complexity index is 652. The van der Waals surface area contributed by atoms with Crippen molar-refractivity contribution in [3.63, 3.8) is 0 Å². The molecule has 0 saturated carbocycles. The number of nitrogens with two attached hydrogens (primary N) is 1. The van der Waals surface area contributed by atoms with Gasteiger partial charge in [-0.15, -0.1) is 0 Å². The fourth-order valence-corrected chi connectivity index (χ4v) is 2.71. The van der Waals surface area contributed by atoms with Crippen molar-refractivity contribution in [3.8, 4) is 11.4 Å². The summed E-state index contributed by atoms with van der Waals surface area (Å²) in [5.74, 6) is 1.09. The van der Waals surface area contributed by atoms with Gasteiger partial charge in [-0.25, -0.2) is 0 Å². The van der Waals surface area contributed by atoms with Crippen molar-refractivity contribution in [2.45, 2.75) is 58.3 Å². The third-order valence-corrected chi connectivity index (χ3v) is 4.28. The number of nitrogens with zero attached hydrogens (tertiary/aromatic N) is 2. The predicted molar refractivity (Wildman–Crippen MR) is 103 cm³/mol. The molecular formula is C20H30N4O2. The molecule has 0 fully saturated rings. The molecule has 1 heterocycles. The smallest absolute Gasteiger partial charge is 0.251 e. The number of carbonyl (C=O) groups is 1. The highest BCUT2D eigenvalue weighted by molar-refractivity contribution is 5.94. The highest BCUT2D eigenvalue weighted by Crippen LogP contribution is 2.17. The average molecular weight is 358 g/mol. The largest absolute Gasteiger partial charge is 0.352 e. The van der Waals surface area contributed by atoms with Crippen LogP contribution in [0.4, 0.5) is 0 Å². The third kappa shape index (κ3) is 6.59. The number of nitrogens with one attached hydrogen (secondary N) is 1. The van der Waals surface area contributed by atoms with Crippen LogP contribution in [0.25, 0.3) is 11.4 Å². The lowest BCUT2D eigenvalue weighted by Gasteiger charge is -2.05. The molecule has 2 aromatic rings. The second kappa shape index (κ2) is 11.4. The number of hydrogen-bond donors (Lipinski definition) is 2. The summed E-state index contributed by atoms with van der Waals surface area (Å²) in [6.45, 7) is 3.54. The molecule has 0 aliphatic rings. The lowest BCUT2D eigenvalue weighted by molar-refractivity contribution is 0.0953. The minimum Gasteiger partial charge on any atom is -0.352 e. The standard InChI is InChI=1S/C20H30N4O2/c1-2-3-4-5-6-7-15-22-20(25)17-12-10-16(11-13-17)19-23-18(26-24-19)9-8-14-21/h10-13H,2-9,14-15,21H2,1H3,(H,22,25). The van der Waals surface area contributed by atoms with Gasteiger partial charge in [0.2, 0.25) is 11.7 Å². The summed E-state index contributed by atoms with van der Waals surface area (Å²) in [5.41, 5.74) is 6.96. The molecule has 0 saturated heterocycles. The zero-order chi connectivity index (χ0) is 18.6. The van der Waals surface area contributed by atoms with Gasteiger partial charge < -0.3 is 15.6 Å². The number of aromatic nitrogens is 2. The Kier molecular flexibility index (Phi) is 8.83. The van der Waals surface area contributed by atoms with E-state index in [-0.39, 0.29) is 5.91 Å². The van der Waals surface area contributed by atoms with Crippen LogP contribution in [0.15, 0.2) is 28.8 Å². The van der Waals surface area contributed by atoms with E-state index >= 15 is 0 Å². The number of rotatable bonds is 12. The first-order valence-corrected chi connectivity index (χ1v) is 9.66. The van der Waals surface area contributed by atoms with Crippen LogP contribution in [-0.4, -0.2) is 29.1 Å². The molecule has 0 aliphatic heterocycles. The van der Waals surface area contributed by atoms with Gasteiger partial charge in [0.15, 0.2) is 0 Å². The molecule has 0 unspecified atom stereocenters. The third-order valence-electron chi connectivity index (χ3n) is 4.28. The van der Waals surface area contributed by atoms with Crippen molar-refractivity contribution in [1.29, 1.82) is 0 Å². The minimum atomic E-state index is -0.0399. The van der Waals surface area contributed by atoms with Gasteiger partial charge in [-0.1, -0.05) is 56.3 Å². The summed E-state index contributed by atoms with van der Waals surface area (Å²) in [6, 6.07) is 7.28. The normalized spacial score (nSPS) is 10.8. The van der Waals surface area contributed by atoms with Gasteiger partial charge in [-0.3, -0.25) is 4.79 Å². The number of unbranched alkanes of at least 4 members (excludes halogenated alkanes) is 5.